The summed E-state index contributed by atoms with van der Waals surface area (Å²) >= 11 is 0. The summed E-state index contributed by atoms with van der Waals surface area (Å²) in [7, 11) is 0. The fourth-order valence-corrected chi connectivity index (χ4v) is 2.60. The molecule has 2 amide bonds. The van der Waals surface area contributed by atoms with E-state index in [2.05, 4.69) is 5.32 Å². The zero-order valence-corrected chi connectivity index (χ0v) is 11.9. The first-order valence-corrected chi connectivity index (χ1v) is 7.08. The number of ether oxygens (including phenoxy) is 1. The molecular formula is C15H21N3O3. The number of carbonyl (C=O) groups is 2. The molecule has 1 aliphatic rings. The summed E-state index contributed by atoms with van der Waals surface area (Å²) in [6.07, 6.45) is 4.04. The van der Waals surface area contributed by atoms with Crippen LogP contribution in [-0.2, 0) is 4.79 Å². The molecule has 6 nitrogen and oxygen atoms in total. The number of primary amides is 1. The van der Waals surface area contributed by atoms with Crippen LogP contribution in [0.15, 0.2) is 24.3 Å². The van der Waals surface area contributed by atoms with Gasteiger partial charge in [-0.1, -0.05) is 12.8 Å². The van der Waals surface area contributed by atoms with Crippen molar-refractivity contribution in [3.05, 3.63) is 29.8 Å². The van der Waals surface area contributed by atoms with Gasteiger partial charge in [-0.15, -0.1) is 0 Å². The topological polar surface area (TPSA) is 107 Å². The molecule has 0 aliphatic heterocycles. The third kappa shape index (κ3) is 3.95. The molecule has 0 radical (unpaired) electrons. The maximum Gasteiger partial charge on any atom is 0.255 e. The molecule has 0 saturated heterocycles. The number of benzene rings is 1. The third-order valence-electron chi connectivity index (χ3n) is 3.83. The average molecular weight is 291 g/mol. The lowest BCUT2D eigenvalue weighted by Gasteiger charge is -2.28. The molecule has 114 valence electrons. The summed E-state index contributed by atoms with van der Waals surface area (Å²) in [6, 6.07) is 6.60. The van der Waals surface area contributed by atoms with Crippen LogP contribution >= 0.6 is 0 Å². The number of hydrogen-bond acceptors (Lipinski definition) is 4. The van der Waals surface area contributed by atoms with Crippen molar-refractivity contribution in [1.82, 2.24) is 5.32 Å². The molecule has 5 N–H and O–H groups in total. The van der Waals surface area contributed by atoms with Crippen LogP contribution in [0, 0.1) is 0 Å². The Kier molecular flexibility index (Phi) is 4.80. The molecule has 1 aromatic rings. The predicted octanol–water partition coefficient (Wildman–Crippen LogP) is 0.552. The first-order valence-electron chi connectivity index (χ1n) is 7.08. The first-order chi connectivity index (χ1) is 10.0. The molecule has 1 saturated carbocycles. The van der Waals surface area contributed by atoms with Crippen LogP contribution in [0.2, 0.25) is 0 Å². The van der Waals surface area contributed by atoms with E-state index in [1.165, 1.54) is 0 Å². The minimum Gasteiger partial charge on any atom is -0.484 e. The number of amides is 2. The number of carbonyl (C=O) groups excluding carboxylic acids is 2. The smallest absolute Gasteiger partial charge is 0.255 e. The van der Waals surface area contributed by atoms with Crippen LogP contribution in [0.1, 0.15) is 36.0 Å². The van der Waals surface area contributed by atoms with Gasteiger partial charge in [-0.05, 0) is 37.1 Å². The van der Waals surface area contributed by atoms with E-state index >= 15 is 0 Å². The second-order valence-corrected chi connectivity index (χ2v) is 5.43. The maximum atomic E-state index is 12.3. The first kappa shape index (κ1) is 15.3. The van der Waals surface area contributed by atoms with Gasteiger partial charge in [0.2, 0.25) is 0 Å². The van der Waals surface area contributed by atoms with Gasteiger partial charge in [0.1, 0.15) is 5.75 Å². The number of nitrogens with two attached hydrogens (primary N) is 2. The molecule has 0 spiro atoms. The van der Waals surface area contributed by atoms with E-state index in [0.717, 1.165) is 25.7 Å². The Morgan fingerprint density at radius 1 is 1.19 bits per heavy atom. The van der Waals surface area contributed by atoms with Crippen molar-refractivity contribution in [2.24, 2.45) is 11.5 Å². The van der Waals surface area contributed by atoms with Crippen LogP contribution < -0.4 is 21.5 Å². The number of hydrogen-bond donors (Lipinski definition) is 3. The van der Waals surface area contributed by atoms with Crippen molar-refractivity contribution in [2.45, 2.75) is 31.2 Å². The van der Waals surface area contributed by atoms with Crippen LogP contribution in [-0.4, -0.2) is 30.5 Å². The minimum atomic E-state index is -0.539. The van der Waals surface area contributed by atoms with Crippen molar-refractivity contribution in [1.29, 1.82) is 0 Å². The van der Waals surface area contributed by atoms with Crippen LogP contribution in [0.5, 0.6) is 5.75 Å². The quantitative estimate of drug-likeness (QED) is 0.711. The molecule has 0 atom stereocenters. The fraction of sp³-hybridized carbons (Fsp3) is 0.467. The summed E-state index contributed by atoms with van der Waals surface area (Å²) in [4.78, 5) is 22.9. The Hall–Kier alpha value is -2.08. The highest BCUT2D eigenvalue weighted by atomic mass is 16.5. The maximum absolute atomic E-state index is 12.3. The van der Waals surface area contributed by atoms with Crippen molar-refractivity contribution in [2.75, 3.05) is 13.2 Å². The molecule has 0 heterocycles. The highest BCUT2D eigenvalue weighted by Crippen LogP contribution is 2.29. The van der Waals surface area contributed by atoms with Gasteiger partial charge in [-0.3, -0.25) is 9.59 Å². The van der Waals surface area contributed by atoms with Gasteiger partial charge in [0.05, 0.1) is 5.54 Å². The Labute approximate surface area is 123 Å². The second-order valence-electron chi connectivity index (χ2n) is 5.43. The normalized spacial score (nSPS) is 16.4. The third-order valence-corrected chi connectivity index (χ3v) is 3.83. The van der Waals surface area contributed by atoms with Crippen molar-refractivity contribution >= 4 is 11.8 Å². The Bertz CT molecular complexity index is 507. The van der Waals surface area contributed by atoms with Gasteiger partial charge >= 0.3 is 0 Å². The van der Waals surface area contributed by atoms with Crippen molar-refractivity contribution in [3.8, 4) is 5.75 Å². The number of rotatable bonds is 6. The summed E-state index contributed by atoms with van der Waals surface area (Å²) in [5.74, 6) is -0.175. The molecule has 21 heavy (non-hydrogen) atoms. The molecule has 2 rings (SSSR count). The standard InChI is InChI=1S/C15H21N3O3/c16-10-15(7-1-2-8-15)18-14(20)11-3-5-12(6-4-11)21-9-13(17)19/h3-6H,1-2,7-10,16H2,(H2,17,19)(H,18,20). The summed E-state index contributed by atoms with van der Waals surface area (Å²) in [5, 5.41) is 3.05. The molecule has 0 aromatic heterocycles. The fourth-order valence-electron chi connectivity index (χ4n) is 2.60. The molecule has 1 aliphatic carbocycles. The van der Waals surface area contributed by atoms with Crippen molar-refractivity contribution in [3.63, 3.8) is 0 Å². The van der Waals surface area contributed by atoms with E-state index < -0.39 is 5.91 Å². The van der Waals surface area contributed by atoms with Crippen LogP contribution in [0.4, 0.5) is 0 Å². The van der Waals surface area contributed by atoms with Crippen molar-refractivity contribution < 1.29 is 14.3 Å². The lowest BCUT2D eigenvalue weighted by atomic mass is 9.97. The van der Waals surface area contributed by atoms with E-state index in [0.29, 0.717) is 17.9 Å². The summed E-state index contributed by atoms with van der Waals surface area (Å²) in [6.45, 7) is 0.278. The Balaban J connectivity index is 1.98. The predicted molar refractivity (Wildman–Crippen MR) is 78.9 cm³/mol. The SMILES string of the molecule is NCC1(NC(=O)c2ccc(OCC(N)=O)cc2)CCCC1. The Morgan fingerprint density at radius 2 is 1.81 bits per heavy atom. The van der Waals surface area contributed by atoms with E-state index in [-0.39, 0.29) is 18.1 Å². The summed E-state index contributed by atoms with van der Waals surface area (Å²) < 4.78 is 5.15. The zero-order chi connectivity index (χ0) is 15.3. The van der Waals surface area contributed by atoms with Crippen LogP contribution in [0.25, 0.3) is 0 Å². The highest BCUT2D eigenvalue weighted by molar-refractivity contribution is 5.94. The van der Waals surface area contributed by atoms with Gasteiger partial charge in [-0.25, -0.2) is 0 Å². The largest absolute Gasteiger partial charge is 0.484 e. The zero-order valence-electron chi connectivity index (χ0n) is 11.9. The average Bonchev–Trinajstić information content (AvgIpc) is 2.94. The van der Waals surface area contributed by atoms with Gasteiger partial charge in [0.25, 0.3) is 11.8 Å². The molecule has 0 unspecified atom stereocenters. The molecule has 1 fully saturated rings. The van der Waals surface area contributed by atoms with Gasteiger partial charge < -0.3 is 21.5 Å². The van der Waals surface area contributed by atoms with Gasteiger partial charge in [-0.2, -0.15) is 0 Å². The lowest BCUT2D eigenvalue weighted by molar-refractivity contribution is -0.119. The van der Waals surface area contributed by atoms with E-state index in [1.807, 2.05) is 0 Å². The Morgan fingerprint density at radius 3 is 2.33 bits per heavy atom. The molecule has 6 heteroatoms. The van der Waals surface area contributed by atoms with Gasteiger partial charge in [0, 0.05) is 12.1 Å². The highest BCUT2D eigenvalue weighted by Gasteiger charge is 2.33. The van der Waals surface area contributed by atoms with Crippen LogP contribution in [0.3, 0.4) is 0 Å². The van der Waals surface area contributed by atoms with E-state index in [4.69, 9.17) is 16.2 Å². The van der Waals surface area contributed by atoms with E-state index in [9.17, 15) is 9.59 Å². The molecule has 1 aromatic carbocycles. The monoisotopic (exact) mass is 291 g/mol. The summed E-state index contributed by atoms with van der Waals surface area (Å²) in [5.41, 5.74) is 11.1. The molecule has 0 bridgehead atoms. The van der Waals surface area contributed by atoms with E-state index in [1.54, 1.807) is 24.3 Å². The second kappa shape index (κ2) is 6.58. The van der Waals surface area contributed by atoms with Gasteiger partial charge in [0.15, 0.2) is 6.61 Å². The number of nitrogens with one attached hydrogen (secondary N) is 1. The molecular weight excluding hydrogens is 270 g/mol. The lowest BCUT2D eigenvalue weighted by Crippen LogP contribution is -2.51. The minimum absolute atomic E-state index is 0.135.